The number of aliphatic hydroxyl groups is 1. The lowest BCUT2D eigenvalue weighted by molar-refractivity contribution is -0.0406. The maximum absolute atomic E-state index is 9.30. The van der Waals surface area contributed by atoms with Gasteiger partial charge in [0.15, 0.2) is 0 Å². The SMILES string of the molecule is COc1ccc(CO)c(OCC2CN(C)CCO2)c1. The van der Waals surface area contributed by atoms with Gasteiger partial charge in [-0.25, -0.2) is 0 Å². The number of hydrogen-bond donors (Lipinski definition) is 1. The number of benzene rings is 1. The summed E-state index contributed by atoms with van der Waals surface area (Å²) in [6.45, 7) is 2.97. The number of ether oxygens (including phenoxy) is 3. The van der Waals surface area contributed by atoms with E-state index >= 15 is 0 Å². The fourth-order valence-electron chi connectivity index (χ4n) is 2.08. The highest BCUT2D eigenvalue weighted by molar-refractivity contribution is 5.40. The molecule has 5 heteroatoms. The first-order chi connectivity index (χ1) is 9.22. The number of nitrogens with zero attached hydrogens (tertiary/aromatic N) is 1. The molecule has 1 heterocycles. The third kappa shape index (κ3) is 3.83. The van der Waals surface area contributed by atoms with Crippen LogP contribution in [0.25, 0.3) is 0 Å². The summed E-state index contributed by atoms with van der Waals surface area (Å²) >= 11 is 0. The van der Waals surface area contributed by atoms with Crippen LogP contribution >= 0.6 is 0 Å². The van der Waals surface area contributed by atoms with E-state index in [9.17, 15) is 5.11 Å². The molecule has 1 aliphatic rings. The maximum atomic E-state index is 9.30. The van der Waals surface area contributed by atoms with Crippen LogP contribution in [-0.4, -0.2) is 56.6 Å². The van der Waals surface area contributed by atoms with Gasteiger partial charge in [-0.3, -0.25) is 0 Å². The molecule has 1 aliphatic heterocycles. The van der Waals surface area contributed by atoms with E-state index in [2.05, 4.69) is 11.9 Å². The molecule has 0 spiro atoms. The van der Waals surface area contributed by atoms with Crippen molar-refractivity contribution in [3.05, 3.63) is 23.8 Å². The van der Waals surface area contributed by atoms with Crippen LogP contribution in [0.15, 0.2) is 18.2 Å². The Kier molecular flexibility index (Phi) is 5.01. The first-order valence-corrected chi connectivity index (χ1v) is 6.43. The van der Waals surface area contributed by atoms with Crippen molar-refractivity contribution in [1.29, 1.82) is 0 Å². The average Bonchev–Trinajstić information content (AvgIpc) is 2.45. The second kappa shape index (κ2) is 6.75. The fourth-order valence-corrected chi connectivity index (χ4v) is 2.08. The van der Waals surface area contributed by atoms with Crippen LogP contribution in [0.1, 0.15) is 5.56 Å². The van der Waals surface area contributed by atoms with Gasteiger partial charge in [-0.1, -0.05) is 0 Å². The van der Waals surface area contributed by atoms with Gasteiger partial charge in [-0.05, 0) is 19.2 Å². The molecular weight excluding hydrogens is 246 g/mol. The predicted molar refractivity (Wildman–Crippen MR) is 71.6 cm³/mol. The number of likely N-dealkylation sites (N-methyl/N-ethyl adjacent to an activating group) is 1. The Bertz CT molecular complexity index is 410. The molecule has 1 atom stereocenters. The molecule has 1 unspecified atom stereocenters. The lowest BCUT2D eigenvalue weighted by atomic mass is 10.2. The van der Waals surface area contributed by atoms with Crippen molar-refractivity contribution < 1.29 is 19.3 Å². The number of morpholine rings is 1. The number of aliphatic hydroxyl groups excluding tert-OH is 1. The molecule has 1 aromatic carbocycles. The van der Waals surface area contributed by atoms with E-state index in [1.807, 2.05) is 12.1 Å². The molecule has 1 saturated heterocycles. The van der Waals surface area contributed by atoms with Gasteiger partial charge in [-0.15, -0.1) is 0 Å². The molecule has 0 amide bonds. The van der Waals surface area contributed by atoms with Crippen molar-refractivity contribution in [2.75, 3.05) is 40.5 Å². The molecule has 1 aromatic rings. The normalized spacial score (nSPS) is 20.3. The largest absolute Gasteiger partial charge is 0.497 e. The monoisotopic (exact) mass is 267 g/mol. The summed E-state index contributed by atoms with van der Waals surface area (Å²) in [5.41, 5.74) is 0.755. The molecule has 5 nitrogen and oxygen atoms in total. The van der Waals surface area contributed by atoms with Gasteiger partial charge in [0, 0.05) is 24.7 Å². The lowest BCUT2D eigenvalue weighted by Gasteiger charge is -2.30. The van der Waals surface area contributed by atoms with E-state index in [-0.39, 0.29) is 12.7 Å². The van der Waals surface area contributed by atoms with Gasteiger partial charge in [0.2, 0.25) is 0 Å². The molecule has 0 saturated carbocycles. The molecular formula is C14H21NO4. The Balaban J connectivity index is 1.97. The molecule has 0 radical (unpaired) electrons. The van der Waals surface area contributed by atoms with Crippen molar-refractivity contribution in [2.24, 2.45) is 0 Å². The standard InChI is InChI=1S/C14H21NO4/c1-15-5-6-18-13(8-15)10-19-14-7-12(17-2)4-3-11(14)9-16/h3-4,7,13,16H,5-6,8-10H2,1-2H3. The topological polar surface area (TPSA) is 51.2 Å². The van der Waals surface area contributed by atoms with Crippen LogP contribution in [0, 0.1) is 0 Å². The highest BCUT2D eigenvalue weighted by Gasteiger charge is 2.18. The van der Waals surface area contributed by atoms with E-state index in [4.69, 9.17) is 14.2 Å². The molecule has 0 bridgehead atoms. The molecule has 19 heavy (non-hydrogen) atoms. The van der Waals surface area contributed by atoms with Crippen molar-refractivity contribution in [1.82, 2.24) is 4.90 Å². The number of hydrogen-bond acceptors (Lipinski definition) is 5. The van der Waals surface area contributed by atoms with Gasteiger partial charge >= 0.3 is 0 Å². The fraction of sp³-hybridized carbons (Fsp3) is 0.571. The highest BCUT2D eigenvalue weighted by Crippen LogP contribution is 2.25. The van der Waals surface area contributed by atoms with Gasteiger partial charge in [0.05, 0.1) is 20.3 Å². The minimum absolute atomic E-state index is 0.0508. The van der Waals surface area contributed by atoms with Crippen molar-refractivity contribution >= 4 is 0 Å². The summed E-state index contributed by atoms with van der Waals surface area (Å²) in [4.78, 5) is 2.22. The van der Waals surface area contributed by atoms with Crippen LogP contribution in [0.4, 0.5) is 0 Å². The van der Waals surface area contributed by atoms with Crippen molar-refractivity contribution in [2.45, 2.75) is 12.7 Å². The van der Waals surface area contributed by atoms with Crippen LogP contribution in [0.3, 0.4) is 0 Å². The first-order valence-electron chi connectivity index (χ1n) is 6.43. The van der Waals surface area contributed by atoms with Crippen LogP contribution in [0.5, 0.6) is 11.5 Å². The smallest absolute Gasteiger partial charge is 0.128 e. The second-order valence-electron chi connectivity index (χ2n) is 4.70. The zero-order valence-electron chi connectivity index (χ0n) is 11.5. The first kappa shape index (κ1) is 14.1. The third-order valence-corrected chi connectivity index (χ3v) is 3.21. The van der Waals surface area contributed by atoms with Crippen molar-refractivity contribution in [3.8, 4) is 11.5 Å². The molecule has 106 valence electrons. The Morgan fingerprint density at radius 3 is 3.00 bits per heavy atom. The average molecular weight is 267 g/mol. The molecule has 2 rings (SSSR count). The van der Waals surface area contributed by atoms with E-state index < -0.39 is 0 Å². The van der Waals surface area contributed by atoms with Crippen LogP contribution < -0.4 is 9.47 Å². The summed E-state index contributed by atoms with van der Waals surface area (Å²) in [5, 5.41) is 9.30. The summed E-state index contributed by atoms with van der Waals surface area (Å²) in [7, 11) is 3.68. The van der Waals surface area contributed by atoms with Gasteiger partial charge in [-0.2, -0.15) is 0 Å². The molecule has 0 aliphatic carbocycles. The van der Waals surface area contributed by atoms with E-state index in [1.54, 1.807) is 13.2 Å². The summed E-state index contributed by atoms with van der Waals surface area (Å²) < 4.78 is 16.6. The van der Waals surface area contributed by atoms with E-state index in [0.717, 1.165) is 25.3 Å². The minimum atomic E-state index is -0.0508. The number of rotatable bonds is 5. The zero-order chi connectivity index (χ0) is 13.7. The Labute approximate surface area is 113 Å². The van der Waals surface area contributed by atoms with Gasteiger partial charge < -0.3 is 24.2 Å². The second-order valence-corrected chi connectivity index (χ2v) is 4.70. The van der Waals surface area contributed by atoms with E-state index in [0.29, 0.717) is 18.1 Å². The minimum Gasteiger partial charge on any atom is -0.497 e. The van der Waals surface area contributed by atoms with Crippen molar-refractivity contribution in [3.63, 3.8) is 0 Å². The Morgan fingerprint density at radius 1 is 1.47 bits per heavy atom. The summed E-state index contributed by atoms with van der Waals surface area (Å²) in [6, 6.07) is 5.41. The Hall–Kier alpha value is -1.30. The molecule has 0 aromatic heterocycles. The number of methoxy groups -OCH3 is 1. The summed E-state index contributed by atoms with van der Waals surface area (Å²) in [6.07, 6.45) is 0.0662. The predicted octanol–water partition coefficient (Wildman–Crippen LogP) is 0.897. The Morgan fingerprint density at radius 2 is 2.32 bits per heavy atom. The molecule has 1 fully saturated rings. The van der Waals surface area contributed by atoms with Crippen LogP contribution in [-0.2, 0) is 11.3 Å². The lowest BCUT2D eigenvalue weighted by Crippen LogP contribution is -2.42. The molecule has 1 N–H and O–H groups in total. The van der Waals surface area contributed by atoms with E-state index in [1.165, 1.54) is 0 Å². The van der Waals surface area contributed by atoms with Gasteiger partial charge in [0.25, 0.3) is 0 Å². The zero-order valence-corrected chi connectivity index (χ0v) is 11.5. The third-order valence-electron chi connectivity index (χ3n) is 3.21. The quantitative estimate of drug-likeness (QED) is 0.859. The highest BCUT2D eigenvalue weighted by atomic mass is 16.5. The van der Waals surface area contributed by atoms with Gasteiger partial charge in [0.1, 0.15) is 24.2 Å². The summed E-state index contributed by atoms with van der Waals surface area (Å²) in [5.74, 6) is 1.37. The maximum Gasteiger partial charge on any atom is 0.128 e. The van der Waals surface area contributed by atoms with Crippen LogP contribution in [0.2, 0.25) is 0 Å².